The van der Waals surface area contributed by atoms with E-state index in [1.165, 1.54) is 6.20 Å². The predicted octanol–water partition coefficient (Wildman–Crippen LogP) is 2.87. The highest BCUT2D eigenvalue weighted by Crippen LogP contribution is 2.19. The monoisotopic (exact) mass is 537 g/mol. The largest absolute Gasteiger partial charge is 0.490 e. The van der Waals surface area contributed by atoms with Crippen LogP contribution >= 0.6 is 0 Å². The molecule has 11 nitrogen and oxygen atoms in total. The third-order valence-corrected chi connectivity index (χ3v) is 5.21. The molecule has 2 atom stereocenters. The Labute approximate surface area is 216 Å². The van der Waals surface area contributed by atoms with E-state index in [4.69, 9.17) is 21.4 Å². The smallest absolute Gasteiger partial charge is 0.475 e. The molecule has 0 unspecified atom stereocenters. The van der Waals surface area contributed by atoms with Crippen molar-refractivity contribution < 1.29 is 32.7 Å². The highest BCUT2D eigenvalue weighted by molar-refractivity contribution is 6.03. The van der Waals surface area contributed by atoms with Crippen molar-refractivity contribution >= 4 is 34.4 Å². The molecule has 3 rings (SSSR count). The van der Waals surface area contributed by atoms with Crippen molar-refractivity contribution in [3.8, 4) is 0 Å². The summed E-state index contributed by atoms with van der Waals surface area (Å²) in [7, 11) is 0. The lowest BCUT2D eigenvalue weighted by molar-refractivity contribution is -0.192. The highest BCUT2D eigenvalue weighted by atomic mass is 19.4. The second kappa shape index (κ2) is 14.0. The van der Waals surface area contributed by atoms with Crippen molar-refractivity contribution in [1.29, 1.82) is 0 Å². The van der Waals surface area contributed by atoms with Gasteiger partial charge in [-0.15, -0.1) is 0 Å². The van der Waals surface area contributed by atoms with Gasteiger partial charge in [0.05, 0.1) is 35.7 Å². The number of halogens is 3. The number of fused-ring (bicyclic) bond motifs is 1. The van der Waals surface area contributed by atoms with Crippen LogP contribution in [-0.2, 0) is 9.59 Å². The van der Waals surface area contributed by atoms with Crippen molar-refractivity contribution in [2.24, 2.45) is 11.5 Å². The van der Waals surface area contributed by atoms with E-state index in [-0.39, 0.29) is 17.9 Å². The molecule has 1 aromatic carbocycles. The fourth-order valence-electron chi connectivity index (χ4n) is 3.28. The zero-order valence-electron chi connectivity index (χ0n) is 20.6. The second-order valence-electron chi connectivity index (χ2n) is 8.24. The van der Waals surface area contributed by atoms with Crippen molar-refractivity contribution in [3.05, 3.63) is 54.2 Å². The minimum atomic E-state index is -5.08. The first kappa shape index (κ1) is 30.2. The molecule has 2 amide bonds. The molecule has 0 aliphatic rings. The van der Waals surface area contributed by atoms with Gasteiger partial charge in [-0.1, -0.05) is 31.5 Å². The first-order chi connectivity index (χ1) is 18.0. The number of pyridine rings is 1. The Morgan fingerprint density at radius 1 is 1.13 bits per heavy atom. The zero-order valence-corrected chi connectivity index (χ0v) is 20.6. The number of amides is 2. The molecule has 0 bridgehead atoms. The van der Waals surface area contributed by atoms with E-state index < -0.39 is 18.2 Å². The van der Waals surface area contributed by atoms with Gasteiger partial charge < -0.3 is 32.2 Å². The number of hydrogen-bond acceptors (Lipinski definition) is 7. The molecule has 0 spiro atoms. The molecule has 0 saturated heterocycles. The molecule has 0 aliphatic heterocycles. The average Bonchev–Trinajstić information content (AvgIpc) is 3.37. The van der Waals surface area contributed by atoms with Crippen molar-refractivity contribution in [1.82, 2.24) is 20.3 Å². The summed E-state index contributed by atoms with van der Waals surface area (Å²) >= 11 is 0. The number of carboxylic acid groups (broad SMARTS) is 1. The van der Waals surface area contributed by atoms with Crippen LogP contribution in [0.5, 0.6) is 0 Å². The van der Waals surface area contributed by atoms with Crippen LogP contribution in [0.1, 0.15) is 55.0 Å². The number of aromatic amines is 1. The van der Waals surface area contributed by atoms with Gasteiger partial charge in [0.2, 0.25) is 5.91 Å². The number of carbonyl (C=O) groups excluding carboxylic acids is 2. The van der Waals surface area contributed by atoms with Gasteiger partial charge in [-0.25, -0.2) is 9.78 Å². The Morgan fingerprint density at radius 3 is 2.45 bits per heavy atom. The first-order valence-corrected chi connectivity index (χ1v) is 11.7. The molecular formula is C24H30F3N7O4. The first-order valence-electron chi connectivity index (χ1n) is 11.7. The van der Waals surface area contributed by atoms with Gasteiger partial charge in [-0.3, -0.25) is 14.6 Å². The molecule has 14 heteroatoms. The summed E-state index contributed by atoms with van der Waals surface area (Å²) in [6.45, 7) is 2.50. The maximum Gasteiger partial charge on any atom is 0.490 e. The standard InChI is InChI=1S/C22H29N7O2.C2HF3O2/c1-2-6-18(29-21(30)16(24)8-5-10-23)20-26-13-19(28-20)22(31)27-15-11-14-7-3-4-9-17(14)25-12-15;3-2(4,5)1(6)7/h3-4,7,9,11-13,16,18H,2,5-6,8,10,23-24H2,1H3,(H,26,28)(H,27,31)(H,29,30);(H,6,7)/t16-,18-;/m1./s1. The Kier molecular flexibility index (Phi) is 11.2. The normalized spacial score (nSPS) is 12.7. The summed E-state index contributed by atoms with van der Waals surface area (Å²) in [5, 5.41) is 13.8. The minimum Gasteiger partial charge on any atom is -0.475 e. The summed E-state index contributed by atoms with van der Waals surface area (Å²) < 4.78 is 31.7. The average molecular weight is 538 g/mol. The van der Waals surface area contributed by atoms with Crippen molar-refractivity contribution in [2.75, 3.05) is 11.9 Å². The lowest BCUT2D eigenvalue weighted by atomic mass is 10.1. The maximum absolute atomic E-state index is 12.7. The van der Waals surface area contributed by atoms with Gasteiger partial charge in [0.25, 0.3) is 5.91 Å². The number of imidazole rings is 1. The van der Waals surface area contributed by atoms with Gasteiger partial charge in [0.1, 0.15) is 11.5 Å². The fraction of sp³-hybridized carbons (Fsp3) is 0.375. The number of aromatic nitrogens is 3. The van der Waals surface area contributed by atoms with Gasteiger partial charge in [0, 0.05) is 5.39 Å². The van der Waals surface area contributed by atoms with Crippen molar-refractivity contribution in [2.45, 2.75) is 50.9 Å². The number of nitrogens with two attached hydrogens (primary N) is 2. The Bertz CT molecular complexity index is 1230. The predicted molar refractivity (Wildman–Crippen MR) is 134 cm³/mol. The number of nitrogens with zero attached hydrogens (tertiary/aromatic N) is 2. The number of nitrogens with one attached hydrogen (secondary N) is 3. The van der Waals surface area contributed by atoms with Crippen LogP contribution in [0.4, 0.5) is 18.9 Å². The minimum absolute atomic E-state index is 0.253. The number of alkyl halides is 3. The van der Waals surface area contributed by atoms with Gasteiger partial charge >= 0.3 is 12.1 Å². The van der Waals surface area contributed by atoms with Crippen LogP contribution < -0.4 is 22.1 Å². The number of carbonyl (C=O) groups is 3. The van der Waals surface area contributed by atoms with E-state index in [1.807, 2.05) is 37.3 Å². The van der Waals surface area contributed by atoms with Gasteiger partial charge in [0.15, 0.2) is 0 Å². The number of aliphatic carboxylic acids is 1. The van der Waals surface area contributed by atoms with Crippen LogP contribution in [0.25, 0.3) is 10.9 Å². The van der Waals surface area contributed by atoms with E-state index in [0.717, 1.165) is 17.3 Å². The topological polar surface area (TPSA) is 189 Å². The highest BCUT2D eigenvalue weighted by Gasteiger charge is 2.38. The number of rotatable bonds is 10. The molecule has 3 aromatic rings. The molecule has 8 N–H and O–H groups in total. The van der Waals surface area contributed by atoms with Gasteiger partial charge in [-0.2, -0.15) is 13.2 Å². The number of benzene rings is 1. The second-order valence-corrected chi connectivity index (χ2v) is 8.24. The molecule has 0 radical (unpaired) electrons. The molecule has 2 aromatic heterocycles. The molecular weight excluding hydrogens is 507 g/mol. The summed E-state index contributed by atoms with van der Waals surface area (Å²) in [6.07, 6.45) is 0.684. The summed E-state index contributed by atoms with van der Waals surface area (Å²) in [4.78, 5) is 45.6. The molecule has 0 saturated carbocycles. The number of anilines is 1. The Balaban J connectivity index is 0.000000638. The Hall–Kier alpha value is -4.04. The van der Waals surface area contributed by atoms with E-state index in [9.17, 15) is 22.8 Å². The van der Waals surface area contributed by atoms with E-state index in [0.29, 0.717) is 43.0 Å². The summed E-state index contributed by atoms with van der Waals surface area (Å²) in [5.74, 6) is -2.83. The van der Waals surface area contributed by atoms with Crippen LogP contribution in [-0.4, -0.2) is 56.6 Å². The molecule has 0 aliphatic carbocycles. The van der Waals surface area contributed by atoms with Crippen LogP contribution in [0.2, 0.25) is 0 Å². The molecule has 0 fully saturated rings. The van der Waals surface area contributed by atoms with Crippen LogP contribution in [0.3, 0.4) is 0 Å². The molecule has 38 heavy (non-hydrogen) atoms. The lowest BCUT2D eigenvalue weighted by Crippen LogP contribution is -2.42. The van der Waals surface area contributed by atoms with Crippen LogP contribution in [0.15, 0.2) is 42.7 Å². The van der Waals surface area contributed by atoms with E-state index in [2.05, 4.69) is 25.6 Å². The van der Waals surface area contributed by atoms with E-state index in [1.54, 1.807) is 6.20 Å². The van der Waals surface area contributed by atoms with Crippen LogP contribution in [0, 0.1) is 0 Å². The zero-order chi connectivity index (χ0) is 28.3. The number of para-hydroxylation sites is 1. The number of hydrogen-bond donors (Lipinski definition) is 6. The SMILES string of the molecule is CCC[C@@H](NC(=O)[C@H](N)CCCN)c1ncc(C(=O)Nc2cnc3ccccc3c2)[nH]1.O=C(O)C(F)(F)F. The molecule has 2 heterocycles. The third-order valence-electron chi connectivity index (χ3n) is 5.21. The van der Waals surface area contributed by atoms with Crippen molar-refractivity contribution in [3.63, 3.8) is 0 Å². The number of H-pyrrole nitrogens is 1. The number of carboxylic acids is 1. The lowest BCUT2D eigenvalue weighted by Gasteiger charge is -2.19. The van der Waals surface area contributed by atoms with Gasteiger partial charge in [-0.05, 0) is 37.9 Å². The third kappa shape index (κ3) is 9.12. The summed E-state index contributed by atoms with van der Waals surface area (Å²) in [6, 6.07) is 8.55. The summed E-state index contributed by atoms with van der Waals surface area (Å²) in [5.41, 5.74) is 13.2. The maximum atomic E-state index is 12.7. The van der Waals surface area contributed by atoms with E-state index >= 15 is 0 Å². The Morgan fingerprint density at radius 2 is 1.82 bits per heavy atom. The fourth-order valence-corrected chi connectivity index (χ4v) is 3.28. The quantitative estimate of drug-likeness (QED) is 0.227. The molecule has 206 valence electrons.